The van der Waals surface area contributed by atoms with Crippen molar-refractivity contribution in [1.82, 2.24) is 0 Å². The fourth-order valence-corrected chi connectivity index (χ4v) is 2.80. The standard InChI is InChI=1S/C13H24/c1-6-9-11-10-12(4,7-2)13(11,5)8-3/h9H,6-8,10H2,1-5H3. The summed E-state index contributed by atoms with van der Waals surface area (Å²) in [5.74, 6) is 0. The fraction of sp³-hybridized carbons (Fsp3) is 0.846. The van der Waals surface area contributed by atoms with Gasteiger partial charge in [0.2, 0.25) is 0 Å². The molecule has 1 fully saturated rings. The van der Waals surface area contributed by atoms with Crippen molar-refractivity contribution < 1.29 is 0 Å². The largest absolute Gasteiger partial charge is 0.0850 e. The van der Waals surface area contributed by atoms with Crippen LogP contribution in [0.15, 0.2) is 11.6 Å². The average molecular weight is 180 g/mol. The minimum absolute atomic E-state index is 0.498. The highest BCUT2D eigenvalue weighted by Crippen LogP contribution is 2.63. The molecule has 0 bridgehead atoms. The molecule has 0 saturated heterocycles. The van der Waals surface area contributed by atoms with E-state index in [1.165, 1.54) is 25.7 Å². The molecule has 0 aliphatic heterocycles. The van der Waals surface area contributed by atoms with Gasteiger partial charge in [0.15, 0.2) is 0 Å². The van der Waals surface area contributed by atoms with Gasteiger partial charge in [0, 0.05) is 0 Å². The van der Waals surface area contributed by atoms with Crippen LogP contribution in [0.4, 0.5) is 0 Å². The quantitative estimate of drug-likeness (QED) is 0.558. The number of allylic oxidation sites excluding steroid dienone is 2. The van der Waals surface area contributed by atoms with E-state index in [1.807, 2.05) is 0 Å². The van der Waals surface area contributed by atoms with E-state index in [-0.39, 0.29) is 0 Å². The third-order valence-corrected chi connectivity index (χ3v) is 4.56. The van der Waals surface area contributed by atoms with Crippen LogP contribution in [0.2, 0.25) is 0 Å². The monoisotopic (exact) mass is 180 g/mol. The summed E-state index contributed by atoms with van der Waals surface area (Å²) in [6.07, 6.45) is 7.59. The molecule has 1 rings (SSSR count). The molecule has 0 aromatic rings. The van der Waals surface area contributed by atoms with Crippen molar-refractivity contribution >= 4 is 0 Å². The molecule has 1 aliphatic carbocycles. The number of hydrogen-bond acceptors (Lipinski definition) is 0. The van der Waals surface area contributed by atoms with Gasteiger partial charge in [-0.1, -0.05) is 46.3 Å². The maximum atomic E-state index is 2.45. The average Bonchev–Trinajstić information content (AvgIpc) is 2.15. The summed E-state index contributed by atoms with van der Waals surface area (Å²) < 4.78 is 0. The maximum absolute atomic E-state index is 2.45. The van der Waals surface area contributed by atoms with Crippen molar-refractivity contribution in [3.8, 4) is 0 Å². The van der Waals surface area contributed by atoms with Crippen molar-refractivity contribution in [3.63, 3.8) is 0 Å². The predicted molar refractivity (Wildman–Crippen MR) is 59.8 cm³/mol. The number of hydrogen-bond donors (Lipinski definition) is 0. The molecule has 0 nitrogen and oxygen atoms in total. The molecule has 2 unspecified atom stereocenters. The molecular weight excluding hydrogens is 156 g/mol. The highest BCUT2D eigenvalue weighted by atomic mass is 14.6. The van der Waals surface area contributed by atoms with Crippen molar-refractivity contribution in [3.05, 3.63) is 11.6 Å². The Morgan fingerprint density at radius 3 is 2.15 bits per heavy atom. The molecule has 13 heavy (non-hydrogen) atoms. The van der Waals surface area contributed by atoms with Crippen LogP contribution in [0.3, 0.4) is 0 Å². The first-order chi connectivity index (χ1) is 6.04. The van der Waals surface area contributed by atoms with E-state index in [0.717, 1.165) is 0 Å². The van der Waals surface area contributed by atoms with E-state index in [0.29, 0.717) is 10.8 Å². The highest BCUT2D eigenvalue weighted by Gasteiger charge is 2.53. The van der Waals surface area contributed by atoms with Gasteiger partial charge >= 0.3 is 0 Å². The maximum Gasteiger partial charge on any atom is -0.00621 e. The van der Waals surface area contributed by atoms with Crippen LogP contribution < -0.4 is 0 Å². The summed E-state index contributed by atoms with van der Waals surface area (Å²) in [6, 6.07) is 0. The first-order valence-electron chi connectivity index (χ1n) is 5.73. The first-order valence-corrected chi connectivity index (χ1v) is 5.73. The van der Waals surface area contributed by atoms with Crippen LogP contribution in [-0.2, 0) is 0 Å². The molecule has 0 radical (unpaired) electrons. The van der Waals surface area contributed by atoms with Crippen molar-refractivity contribution in [2.45, 2.75) is 60.3 Å². The van der Waals surface area contributed by atoms with Gasteiger partial charge in [-0.2, -0.15) is 0 Å². The summed E-state index contributed by atoms with van der Waals surface area (Å²) in [5.41, 5.74) is 2.78. The molecule has 76 valence electrons. The molecule has 1 aliphatic rings. The third kappa shape index (κ3) is 1.35. The highest BCUT2D eigenvalue weighted by molar-refractivity contribution is 5.29. The summed E-state index contributed by atoms with van der Waals surface area (Å²) in [4.78, 5) is 0. The van der Waals surface area contributed by atoms with Crippen molar-refractivity contribution in [2.75, 3.05) is 0 Å². The van der Waals surface area contributed by atoms with E-state index >= 15 is 0 Å². The van der Waals surface area contributed by atoms with E-state index in [2.05, 4.69) is 40.7 Å². The zero-order chi connectivity index (χ0) is 10.1. The molecule has 0 heterocycles. The minimum Gasteiger partial charge on any atom is -0.0850 e. The van der Waals surface area contributed by atoms with E-state index in [4.69, 9.17) is 0 Å². The smallest absolute Gasteiger partial charge is 0.00621 e. The van der Waals surface area contributed by atoms with Crippen LogP contribution in [0, 0.1) is 10.8 Å². The minimum atomic E-state index is 0.498. The van der Waals surface area contributed by atoms with E-state index in [9.17, 15) is 0 Å². The van der Waals surface area contributed by atoms with Crippen LogP contribution in [0.5, 0.6) is 0 Å². The van der Waals surface area contributed by atoms with Gasteiger partial charge in [-0.15, -0.1) is 0 Å². The zero-order valence-electron chi connectivity index (χ0n) is 9.91. The topological polar surface area (TPSA) is 0 Å². The fourth-order valence-electron chi connectivity index (χ4n) is 2.80. The normalized spacial score (nSPS) is 42.1. The Kier molecular flexibility index (Phi) is 2.89. The second-order valence-electron chi connectivity index (χ2n) is 4.91. The van der Waals surface area contributed by atoms with Crippen LogP contribution in [0.25, 0.3) is 0 Å². The molecule has 0 spiro atoms. The van der Waals surface area contributed by atoms with Crippen LogP contribution in [-0.4, -0.2) is 0 Å². The molecule has 0 N–H and O–H groups in total. The van der Waals surface area contributed by atoms with Crippen LogP contribution >= 0.6 is 0 Å². The second-order valence-corrected chi connectivity index (χ2v) is 4.91. The lowest BCUT2D eigenvalue weighted by Crippen LogP contribution is -2.48. The van der Waals surface area contributed by atoms with Crippen LogP contribution in [0.1, 0.15) is 60.3 Å². The molecule has 1 saturated carbocycles. The lowest BCUT2D eigenvalue weighted by atomic mass is 9.46. The Hall–Kier alpha value is -0.260. The summed E-state index contributed by atoms with van der Waals surface area (Å²) in [5, 5.41) is 0. The summed E-state index contributed by atoms with van der Waals surface area (Å²) in [7, 11) is 0. The SMILES string of the molecule is CCC=C1CC(C)(CC)C1(C)CC. The second kappa shape index (κ2) is 3.48. The van der Waals surface area contributed by atoms with E-state index in [1.54, 1.807) is 5.57 Å². The molecular formula is C13H24. The van der Waals surface area contributed by atoms with Gasteiger partial charge in [0.25, 0.3) is 0 Å². The molecule has 2 atom stereocenters. The van der Waals surface area contributed by atoms with Gasteiger partial charge in [-0.05, 0) is 36.5 Å². The predicted octanol–water partition coefficient (Wildman–Crippen LogP) is 4.56. The van der Waals surface area contributed by atoms with Gasteiger partial charge < -0.3 is 0 Å². The molecule has 0 aromatic heterocycles. The third-order valence-electron chi connectivity index (χ3n) is 4.56. The number of rotatable bonds is 3. The van der Waals surface area contributed by atoms with Gasteiger partial charge in [-0.25, -0.2) is 0 Å². The van der Waals surface area contributed by atoms with Gasteiger partial charge in [0.1, 0.15) is 0 Å². The van der Waals surface area contributed by atoms with Gasteiger partial charge in [-0.3, -0.25) is 0 Å². The zero-order valence-corrected chi connectivity index (χ0v) is 9.91. The van der Waals surface area contributed by atoms with Gasteiger partial charge in [0.05, 0.1) is 0 Å². The lowest BCUT2D eigenvalue weighted by molar-refractivity contribution is 0.0159. The molecule has 0 heteroatoms. The Morgan fingerprint density at radius 2 is 1.77 bits per heavy atom. The summed E-state index contributed by atoms with van der Waals surface area (Å²) >= 11 is 0. The van der Waals surface area contributed by atoms with E-state index < -0.39 is 0 Å². The Balaban J connectivity index is 2.87. The summed E-state index contributed by atoms with van der Waals surface area (Å²) in [6.45, 7) is 11.8. The van der Waals surface area contributed by atoms with Crippen molar-refractivity contribution in [2.24, 2.45) is 10.8 Å². The first kappa shape index (κ1) is 10.8. The molecule has 0 amide bonds. The Morgan fingerprint density at radius 1 is 1.15 bits per heavy atom. The Bertz CT molecular complexity index is 214. The van der Waals surface area contributed by atoms with Crippen molar-refractivity contribution in [1.29, 1.82) is 0 Å². The lowest BCUT2D eigenvalue weighted by Gasteiger charge is -2.58. The molecule has 0 aromatic carbocycles. The Labute approximate surface area is 83.4 Å².